The SMILES string of the molecule is C=CC(=O)OCCCCOc1ccc(C(=O)Oc2ccc(-c3c(C)c(C(=O)O)cc(C)c3OCCCCOC(=O)C=C)cc2OC)cc1. The first-order valence-corrected chi connectivity index (χ1v) is 15.3. The smallest absolute Gasteiger partial charge is 0.343 e. The van der Waals surface area contributed by atoms with E-state index in [2.05, 4.69) is 13.2 Å². The normalized spacial score (nSPS) is 10.4. The number of carbonyl (C=O) groups excluding carboxylic acids is 3. The maximum Gasteiger partial charge on any atom is 0.343 e. The Labute approximate surface area is 279 Å². The highest BCUT2D eigenvalue weighted by atomic mass is 16.6. The van der Waals surface area contributed by atoms with Crippen LogP contribution in [0.25, 0.3) is 11.1 Å². The van der Waals surface area contributed by atoms with Gasteiger partial charge in [-0.15, -0.1) is 0 Å². The molecule has 0 atom stereocenters. The van der Waals surface area contributed by atoms with Crippen LogP contribution in [0.15, 0.2) is 73.8 Å². The van der Waals surface area contributed by atoms with Crippen LogP contribution in [0.3, 0.4) is 0 Å². The van der Waals surface area contributed by atoms with Gasteiger partial charge < -0.3 is 33.5 Å². The molecule has 48 heavy (non-hydrogen) atoms. The van der Waals surface area contributed by atoms with Gasteiger partial charge in [0.2, 0.25) is 0 Å². The second-order valence-corrected chi connectivity index (χ2v) is 10.5. The number of hydrogen-bond donors (Lipinski definition) is 1. The van der Waals surface area contributed by atoms with Crippen LogP contribution in [0, 0.1) is 13.8 Å². The number of methoxy groups -OCH3 is 1. The fourth-order valence-corrected chi connectivity index (χ4v) is 4.64. The summed E-state index contributed by atoms with van der Waals surface area (Å²) in [5.41, 5.74) is 2.71. The molecule has 3 aromatic carbocycles. The molecule has 0 saturated carbocycles. The minimum Gasteiger partial charge on any atom is -0.494 e. The van der Waals surface area contributed by atoms with Crippen LogP contribution in [-0.2, 0) is 19.1 Å². The topological polar surface area (TPSA) is 144 Å². The van der Waals surface area contributed by atoms with E-state index in [9.17, 15) is 24.3 Å². The summed E-state index contributed by atoms with van der Waals surface area (Å²) in [6.45, 7) is 11.4. The van der Waals surface area contributed by atoms with Crippen molar-refractivity contribution < 1.29 is 52.7 Å². The third kappa shape index (κ3) is 10.5. The van der Waals surface area contributed by atoms with Crippen molar-refractivity contribution in [3.8, 4) is 34.1 Å². The Morgan fingerprint density at radius 3 is 1.90 bits per heavy atom. The first-order valence-electron chi connectivity index (χ1n) is 15.3. The molecule has 0 aliphatic rings. The Morgan fingerprint density at radius 1 is 0.750 bits per heavy atom. The standard InChI is InChI=1S/C37H40O11/c1-6-32(38)45-19-9-8-18-44-28-15-12-26(13-16-28)37(42)48-30-17-14-27(23-31(30)43-5)34-25(4)29(36(40)41)22-24(3)35(34)47-21-11-10-20-46-33(39)7-2/h6-7,12-17,22-23H,1-2,8-11,18-21H2,3-5H3,(H,40,41). The van der Waals surface area contributed by atoms with Gasteiger partial charge >= 0.3 is 23.9 Å². The van der Waals surface area contributed by atoms with E-state index in [0.717, 1.165) is 12.2 Å². The predicted octanol–water partition coefficient (Wildman–Crippen LogP) is 6.67. The fraction of sp³-hybridized carbons (Fsp3) is 0.297. The van der Waals surface area contributed by atoms with E-state index < -0.39 is 23.9 Å². The monoisotopic (exact) mass is 660 g/mol. The molecular weight excluding hydrogens is 620 g/mol. The molecule has 0 unspecified atom stereocenters. The number of esters is 3. The molecular formula is C37H40O11. The fourth-order valence-electron chi connectivity index (χ4n) is 4.64. The van der Waals surface area contributed by atoms with Gasteiger partial charge in [-0.25, -0.2) is 19.2 Å². The Hall–Kier alpha value is -5.58. The summed E-state index contributed by atoms with van der Waals surface area (Å²) in [6.07, 6.45) is 4.69. The summed E-state index contributed by atoms with van der Waals surface area (Å²) in [6, 6.07) is 13.0. The molecule has 0 saturated heterocycles. The summed E-state index contributed by atoms with van der Waals surface area (Å²) in [7, 11) is 1.44. The van der Waals surface area contributed by atoms with Crippen LogP contribution in [0.1, 0.15) is 57.5 Å². The molecule has 0 heterocycles. The molecule has 11 nitrogen and oxygen atoms in total. The minimum atomic E-state index is -1.08. The average Bonchev–Trinajstić information content (AvgIpc) is 3.09. The number of aryl methyl sites for hydroxylation is 1. The lowest BCUT2D eigenvalue weighted by Gasteiger charge is -2.20. The van der Waals surface area contributed by atoms with Gasteiger partial charge in [-0.1, -0.05) is 19.2 Å². The van der Waals surface area contributed by atoms with E-state index in [1.54, 1.807) is 62.4 Å². The molecule has 3 aromatic rings. The van der Waals surface area contributed by atoms with Gasteiger partial charge in [-0.05, 0) is 98.7 Å². The number of carboxylic acid groups (broad SMARTS) is 1. The highest BCUT2D eigenvalue weighted by Crippen LogP contribution is 2.41. The number of ether oxygens (including phenoxy) is 6. The number of rotatable bonds is 19. The highest BCUT2D eigenvalue weighted by molar-refractivity contribution is 5.95. The van der Waals surface area contributed by atoms with Crippen LogP contribution in [0.5, 0.6) is 23.0 Å². The lowest BCUT2D eigenvalue weighted by molar-refractivity contribution is -0.138. The van der Waals surface area contributed by atoms with Gasteiger partial charge in [-0.2, -0.15) is 0 Å². The van der Waals surface area contributed by atoms with Gasteiger partial charge in [-0.3, -0.25) is 0 Å². The lowest BCUT2D eigenvalue weighted by Crippen LogP contribution is -2.10. The molecule has 254 valence electrons. The van der Waals surface area contributed by atoms with E-state index in [-0.39, 0.29) is 30.3 Å². The van der Waals surface area contributed by atoms with Crippen molar-refractivity contribution in [1.82, 2.24) is 0 Å². The molecule has 0 aromatic heterocycles. The zero-order chi connectivity index (χ0) is 35.1. The van der Waals surface area contributed by atoms with E-state index in [4.69, 9.17) is 28.4 Å². The molecule has 0 aliphatic heterocycles. The van der Waals surface area contributed by atoms with Gasteiger partial charge in [0.25, 0.3) is 0 Å². The zero-order valence-corrected chi connectivity index (χ0v) is 27.4. The third-order valence-corrected chi connectivity index (χ3v) is 7.11. The Bertz CT molecular complexity index is 1620. The van der Waals surface area contributed by atoms with E-state index in [0.29, 0.717) is 78.2 Å². The molecule has 3 rings (SSSR count). The Balaban J connectivity index is 1.72. The van der Waals surface area contributed by atoms with Crippen molar-refractivity contribution in [3.63, 3.8) is 0 Å². The molecule has 0 radical (unpaired) electrons. The summed E-state index contributed by atoms with van der Waals surface area (Å²) >= 11 is 0. The maximum absolute atomic E-state index is 13.0. The van der Waals surface area contributed by atoms with E-state index in [1.807, 2.05) is 0 Å². The molecule has 0 aliphatic carbocycles. The first kappa shape index (κ1) is 36.9. The van der Waals surface area contributed by atoms with Crippen molar-refractivity contribution in [2.45, 2.75) is 39.5 Å². The van der Waals surface area contributed by atoms with Crippen LogP contribution in [0.2, 0.25) is 0 Å². The average molecular weight is 661 g/mol. The van der Waals surface area contributed by atoms with Crippen LogP contribution < -0.4 is 18.9 Å². The lowest BCUT2D eigenvalue weighted by atomic mass is 9.92. The largest absolute Gasteiger partial charge is 0.494 e. The molecule has 11 heteroatoms. The van der Waals surface area contributed by atoms with Crippen molar-refractivity contribution in [1.29, 1.82) is 0 Å². The molecule has 0 amide bonds. The second kappa shape index (κ2) is 18.5. The third-order valence-electron chi connectivity index (χ3n) is 7.11. The van der Waals surface area contributed by atoms with Crippen LogP contribution >= 0.6 is 0 Å². The van der Waals surface area contributed by atoms with Crippen molar-refractivity contribution >= 4 is 23.9 Å². The molecule has 0 fully saturated rings. The molecule has 1 N–H and O–H groups in total. The number of hydrogen-bond acceptors (Lipinski definition) is 10. The Kier molecular flexibility index (Phi) is 14.2. The van der Waals surface area contributed by atoms with E-state index in [1.165, 1.54) is 7.11 Å². The summed E-state index contributed by atoms with van der Waals surface area (Å²) in [5.74, 6) is -1.14. The van der Waals surface area contributed by atoms with Crippen molar-refractivity contribution in [2.75, 3.05) is 33.5 Å². The Morgan fingerprint density at radius 2 is 1.33 bits per heavy atom. The van der Waals surface area contributed by atoms with Gasteiger partial charge in [0.1, 0.15) is 11.5 Å². The first-order chi connectivity index (χ1) is 23.1. The zero-order valence-electron chi connectivity index (χ0n) is 27.4. The summed E-state index contributed by atoms with van der Waals surface area (Å²) in [5, 5.41) is 9.86. The van der Waals surface area contributed by atoms with Crippen molar-refractivity contribution in [3.05, 3.63) is 96.1 Å². The molecule has 0 spiro atoms. The quantitative estimate of drug-likeness (QED) is 0.0637. The molecule has 0 bridgehead atoms. The van der Waals surface area contributed by atoms with Crippen molar-refractivity contribution in [2.24, 2.45) is 0 Å². The summed E-state index contributed by atoms with van der Waals surface area (Å²) in [4.78, 5) is 47.4. The summed E-state index contributed by atoms with van der Waals surface area (Å²) < 4.78 is 33.0. The van der Waals surface area contributed by atoms with Gasteiger partial charge in [0.05, 0.1) is 44.7 Å². The number of carboxylic acids is 1. The number of carbonyl (C=O) groups is 4. The van der Waals surface area contributed by atoms with Crippen LogP contribution in [0.4, 0.5) is 0 Å². The predicted molar refractivity (Wildman–Crippen MR) is 178 cm³/mol. The second-order valence-electron chi connectivity index (χ2n) is 10.5. The maximum atomic E-state index is 13.0. The van der Waals surface area contributed by atoms with E-state index >= 15 is 0 Å². The number of aromatic carboxylic acids is 1. The number of benzene rings is 3. The highest BCUT2D eigenvalue weighted by Gasteiger charge is 2.22. The van der Waals surface area contributed by atoms with Gasteiger partial charge in [0, 0.05) is 17.7 Å². The minimum absolute atomic E-state index is 0.127. The van der Waals surface area contributed by atoms with Crippen LogP contribution in [-0.4, -0.2) is 62.5 Å². The van der Waals surface area contributed by atoms with Gasteiger partial charge in [0.15, 0.2) is 11.5 Å². The number of unbranched alkanes of at least 4 members (excludes halogenated alkanes) is 2.